The molecule has 1 rings (SSSR count). The Morgan fingerprint density at radius 1 is 1.44 bits per heavy atom. The Balaban J connectivity index is 2.61. The van der Waals surface area contributed by atoms with Gasteiger partial charge in [0.1, 0.15) is 4.99 Å². The minimum atomic E-state index is 0.378. The molecule has 4 nitrogen and oxygen atoms in total. The van der Waals surface area contributed by atoms with Crippen LogP contribution in [0, 0.1) is 11.8 Å². The molecule has 0 aromatic heterocycles. The molecule has 0 unspecified atom stereocenters. The van der Waals surface area contributed by atoms with Crippen LogP contribution in [0.15, 0.2) is 29.4 Å². The van der Waals surface area contributed by atoms with Crippen LogP contribution in [0.2, 0.25) is 0 Å². The highest BCUT2D eigenvalue weighted by atomic mass is 32.1. The normalized spacial score (nSPS) is 8.50. The molecule has 0 amide bonds. The number of nitrogens with zero attached hydrogens (tertiary/aromatic N) is 3. The average molecular weight is 230 g/mol. The molecule has 2 N–H and O–H groups in total. The number of nitrogens with two attached hydrogens (primary N) is 1. The third-order valence-electron chi connectivity index (χ3n) is 1.80. The van der Waals surface area contributed by atoms with Crippen LogP contribution >= 0.6 is 12.2 Å². The van der Waals surface area contributed by atoms with Crippen molar-refractivity contribution in [3.8, 4) is 11.8 Å². The topological polar surface area (TPSA) is 74.8 Å². The molecule has 0 atom stereocenters. The molecular weight excluding hydrogens is 220 g/mol. The molecule has 0 aliphatic rings. The Morgan fingerprint density at radius 3 is 2.69 bits per heavy atom. The summed E-state index contributed by atoms with van der Waals surface area (Å²) in [5.41, 5.74) is 15.2. The zero-order valence-electron chi connectivity index (χ0n) is 8.55. The maximum absolute atomic E-state index is 8.05. The summed E-state index contributed by atoms with van der Waals surface area (Å²) in [6.45, 7) is 0.397. The van der Waals surface area contributed by atoms with E-state index in [4.69, 9.17) is 23.5 Å². The highest BCUT2D eigenvalue weighted by Crippen LogP contribution is 2.02. The Labute approximate surface area is 99.1 Å². The van der Waals surface area contributed by atoms with Crippen LogP contribution in [0.3, 0.4) is 0 Å². The minimum Gasteiger partial charge on any atom is -0.389 e. The van der Waals surface area contributed by atoms with Crippen molar-refractivity contribution in [3.63, 3.8) is 0 Å². The predicted octanol–water partition coefficient (Wildman–Crippen LogP) is 2.37. The Morgan fingerprint density at radius 2 is 2.12 bits per heavy atom. The van der Waals surface area contributed by atoms with Crippen molar-refractivity contribution in [2.24, 2.45) is 10.8 Å². The van der Waals surface area contributed by atoms with E-state index >= 15 is 0 Å². The lowest BCUT2D eigenvalue weighted by Crippen LogP contribution is -2.08. The van der Waals surface area contributed by atoms with Crippen LogP contribution < -0.4 is 5.73 Å². The van der Waals surface area contributed by atoms with E-state index in [-0.39, 0.29) is 0 Å². The van der Waals surface area contributed by atoms with Crippen molar-refractivity contribution in [1.82, 2.24) is 0 Å². The molecule has 0 aliphatic carbocycles. The first-order valence-corrected chi connectivity index (χ1v) is 5.04. The Hall–Kier alpha value is -2.02. The van der Waals surface area contributed by atoms with Gasteiger partial charge in [-0.2, -0.15) is 0 Å². The molecule has 0 bridgehead atoms. The van der Waals surface area contributed by atoms with Gasteiger partial charge < -0.3 is 5.73 Å². The number of hydrogen-bond acceptors (Lipinski definition) is 2. The van der Waals surface area contributed by atoms with Crippen LogP contribution in [0.5, 0.6) is 0 Å². The zero-order chi connectivity index (χ0) is 11.8. The number of hydrogen-bond donors (Lipinski definition) is 1. The molecule has 0 spiro atoms. The summed E-state index contributed by atoms with van der Waals surface area (Å²) in [4.78, 5) is 3.02. The maximum atomic E-state index is 8.05. The van der Waals surface area contributed by atoms with Gasteiger partial charge in [0, 0.05) is 29.0 Å². The predicted molar refractivity (Wildman–Crippen MR) is 67.8 cm³/mol. The van der Waals surface area contributed by atoms with Crippen LogP contribution in [0.1, 0.15) is 17.5 Å². The molecule has 5 heteroatoms. The van der Waals surface area contributed by atoms with E-state index in [1.54, 1.807) is 0 Å². The maximum Gasteiger partial charge on any atom is 0.103 e. The van der Waals surface area contributed by atoms with Crippen molar-refractivity contribution < 1.29 is 0 Å². The zero-order valence-corrected chi connectivity index (χ0v) is 9.37. The molecular formula is C11H10N4S. The van der Waals surface area contributed by atoms with Gasteiger partial charge in [-0.05, 0) is 17.7 Å². The molecule has 0 heterocycles. The van der Waals surface area contributed by atoms with Crippen LogP contribution in [0.4, 0.5) is 0 Å². The second-order valence-corrected chi connectivity index (χ2v) is 3.39. The van der Waals surface area contributed by atoms with E-state index in [2.05, 4.69) is 21.9 Å². The lowest BCUT2D eigenvalue weighted by molar-refractivity contribution is 1.01. The summed E-state index contributed by atoms with van der Waals surface area (Å²) in [5.74, 6) is 5.86. The van der Waals surface area contributed by atoms with E-state index in [0.29, 0.717) is 18.0 Å². The minimum absolute atomic E-state index is 0.378. The SMILES string of the molecule is [N-]=[N+]=NCCC#Cc1ccc(C(N)=S)cc1. The van der Waals surface area contributed by atoms with E-state index in [1.807, 2.05) is 24.3 Å². The van der Waals surface area contributed by atoms with Gasteiger partial charge in [-0.15, -0.1) is 0 Å². The number of thiocarbonyl (C=S) groups is 1. The molecule has 1 aromatic rings. The first-order valence-electron chi connectivity index (χ1n) is 4.63. The van der Waals surface area contributed by atoms with Gasteiger partial charge in [0.2, 0.25) is 0 Å². The fraction of sp³-hybridized carbons (Fsp3) is 0.182. The first-order chi connectivity index (χ1) is 7.74. The second-order valence-electron chi connectivity index (χ2n) is 2.95. The van der Waals surface area contributed by atoms with Crippen LogP contribution in [0.25, 0.3) is 10.4 Å². The first kappa shape index (κ1) is 12.1. The average Bonchev–Trinajstić information content (AvgIpc) is 2.29. The summed E-state index contributed by atoms with van der Waals surface area (Å²) in [6, 6.07) is 7.38. The number of rotatable bonds is 3. The largest absolute Gasteiger partial charge is 0.389 e. The molecule has 80 valence electrons. The third kappa shape index (κ3) is 4.01. The van der Waals surface area contributed by atoms with Gasteiger partial charge in [-0.3, -0.25) is 0 Å². The fourth-order valence-electron chi connectivity index (χ4n) is 1.03. The van der Waals surface area contributed by atoms with E-state index in [1.165, 1.54) is 0 Å². The smallest absolute Gasteiger partial charge is 0.103 e. The van der Waals surface area contributed by atoms with Crippen molar-refractivity contribution in [1.29, 1.82) is 0 Å². The van der Waals surface area contributed by atoms with E-state index in [9.17, 15) is 0 Å². The Bertz CT molecular complexity index is 475. The Kier molecular flexibility index (Phi) is 4.87. The monoisotopic (exact) mass is 230 g/mol. The van der Waals surface area contributed by atoms with Crippen LogP contribution in [-0.2, 0) is 0 Å². The lowest BCUT2D eigenvalue weighted by atomic mass is 10.1. The highest BCUT2D eigenvalue weighted by molar-refractivity contribution is 7.80. The molecule has 0 radical (unpaired) electrons. The lowest BCUT2D eigenvalue weighted by Gasteiger charge is -1.96. The van der Waals surface area contributed by atoms with E-state index in [0.717, 1.165) is 11.1 Å². The van der Waals surface area contributed by atoms with Crippen LogP contribution in [-0.4, -0.2) is 11.5 Å². The van der Waals surface area contributed by atoms with Gasteiger partial charge in [0.05, 0.1) is 0 Å². The molecule has 1 aromatic carbocycles. The summed E-state index contributed by atoms with van der Waals surface area (Å²) in [6.07, 6.45) is 0.557. The van der Waals surface area contributed by atoms with Crippen molar-refractivity contribution in [2.75, 3.05) is 6.54 Å². The summed E-state index contributed by atoms with van der Waals surface area (Å²) in [5, 5.41) is 3.38. The molecule has 0 aliphatic heterocycles. The van der Waals surface area contributed by atoms with Crippen molar-refractivity contribution in [3.05, 3.63) is 45.8 Å². The third-order valence-corrected chi connectivity index (χ3v) is 2.04. The van der Waals surface area contributed by atoms with E-state index < -0.39 is 0 Å². The quantitative estimate of drug-likeness (QED) is 0.216. The highest BCUT2D eigenvalue weighted by Gasteiger charge is 1.93. The van der Waals surface area contributed by atoms with Gasteiger partial charge >= 0.3 is 0 Å². The van der Waals surface area contributed by atoms with Crippen molar-refractivity contribution in [2.45, 2.75) is 6.42 Å². The van der Waals surface area contributed by atoms with Gasteiger partial charge in [0.15, 0.2) is 0 Å². The van der Waals surface area contributed by atoms with Gasteiger partial charge in [-0.1, -0.05) is 41.3 Å². The number of benzene rings is 1. The molecule has 0 saturated heterocycles. The van der Waals surface area contributed by atoms with Gasteiger partial charge in [-0.25, -0.2) is 0 Å². The molecule has 16 heavy (non-hydrogen) atoms. The summed E-state index contributed by atoms with van der Waals surface area (Å²) < 4.78 is 0. The molecule has 0 fully saturated rings. The molecule has 0 saturated carbocycles. The van der Waals surface area contributed by atoms with Gasteiger partial charge in [0.25, 0.3) is 0 Å². The van der Waals surface area contributed by atoms with Crippen molar-refractivity contribution >= 4 is 17.2 Å². The standard InChI is InChI=1S/C11H10N4S/c12-11(16)10-6-4-9(5-7-10)3-1-2-8-14-15-13/h4-7H,2,8H2,(H2,12,16). The fourth-order valence-corrected chi connectivity index (χ4v) is 1.17. The summed E-state index contributed by atoms with van der Waals surface area (Å²) >= 11 is 4.84. The summed E-state index contributed by atoms with van der Waals surface area (Å²) in [7, 11) is 0. The number of azide groups is 1. The second kappa shape index (κ2) is 6.46.